The molecule has 0 aliphatic carbocycles. The number of carbonyl (C=O) groups is 1. The lowest BCUT2D eigenvalue weighted by atomic mass is 9.82. The van der Waals surface area contributed by atoms with E-state index in [4.69, 9.17) is 34.2 Å². The zero-order chi connectivity index (χ0) is 17.9. The van der Waals surface area contributed by atoms with Gasteiger partial charge in [-0.25, -0.2) is 0 Å². The molecular formula is C15H25NO8. The van der Waals surface area contributed by atoms with Crippen molar-refractivity contribution in [1.82, 2.24) is 0 Å². The Morgan fingerprint density at radius 3 is 2.38 bits per heavy atom. The van der Waals surface area contributed by atoms with Gasteiger partial charge in [0, 0.05) is 0 Å². The van der Waals surface area contributed by atoms with Gasteiger partial charge in [-0.1, -0.05) is 0 Å². The van der Waals surface area contributed by atoms with Crippen molar-refractivity contribution in [2.75, 3.05) is 13.7 Å². The highest BCUT2D eigenvalue weighted by molar-refractivity contribution is 5.77. The highest BCUT2D eigenvalue weighted by Gasteiger charge is 2.69. The number of hydrogen-bond acceptors (Lipinski definition) is 9. The fourth-order valence-electron chi connectivity index (χ4n) is 3.48. The van der Waals surface area contributed by atoms with Crippen LogP contribution in [0.2, 0.25) is 0 Å². The molecule has 3 heterocycles. The number of esters is 1. The van der Waals surface area contributed by atoms with Gasteiger partial charge in [-0.15, -0.1) is 0 Å². The molecule has 3 saturated heterocycles. The third kappa shape index (κ3) is 2.74. The lowest BCUT2D eigenvalue weighted by Crippen LogP contribution is -2.66. The number of hydrogen-bond donors (Lipinski definition) is 2. The Morgan fingerprint density at radius 2 is 1.83 bits per heavy atom. The van der Waals surface area contributed by atoms with Gasteiger partial charge in [0.25, 0.3) is 0 Å². The van der Waals surface area contributed by atoms with Gasteiger partial charge in [-0.3, -0.25) is 4.79 Å². The summed E-state index contributed by atoms with van der Waals surface area (Å²) in [7, 11) is 1.20. The van der Waals surface area contributed by atoms with Crippen LogP contribution in [0.25, 0.3) is 0 Å². The molecule has 9 nitrogen and oxygen atoms in total. The Balaban J connectivity index is 1.92. The molecule has 0 aromatic rings. The van der Waals surface area contributed by atoms with E-state index >= 15 is 0 Å². The van der Waals surface area contributed by atoms with Gasteiger partial charge in [0.05, 0.1) is 13.7 Å². The molecule has 0 aromatic carbocycles. The van der Waals surface area contributed by atoms with Crippen molar-refractivity contribution in [2.45, 2.75) is 75.5 Å². The van der Waals surface area contributed by atoms with Gasteiger partial charge in [-0.2, -0.15) is 0 Å². The van der Waals surface area contributed by atoms with Crippen LogP contribution in [0.3, 0.4) is 0 Å². The monoisotopic (exact) mass is 347 g/mol. The van der Waals surface area contributed by atoms with Crippen LogP contribution in [0.15, 0.2) is 0 Å². The van der Waals surface area contributed by atoms with Gasteiger partial charge in [0.1, 0.15) is 24.4 Å². The van der Waals surface area contributed by atoms with Gasteiger partial charge in [-0.05, 0) is 27.7 Å². The smallest absolute Gasteiger partial charge is 0.325 e. The number of aliphatic hydroxyl groups is 1. The Labute approximate surface area is 140 Å². The molecule has 9 heteroatoms. The van der Waals surface area contributed by atoms with Crippen LogP contribution >= 0.6 is 0 Å². The minimum Gasteiger partial charge on any atom is -0.468 e. The van der Waals surface area contributed by atoms with Crippen LogP contribution in [0.4, 0.5) is 0 Å². The van der Waals surface area contributed by atoms with E-state index in [1.165, 1.54) is 7.11 Å². The van der Waals surface area contributed by atoms with Gasteiger partial charge >= 0.3 is 5.97 Å². The van der Waals surface area contributed by atoms with Crippen molar-refractivity contribution in [3.8, 4) is 0 Å². The second kappa shape index (κ2) is 5.60. The van der Waals surface area contributed by atoms with Crippen molar-refractivity contribution >= 4 is 5.97 Å². The Hall–Kier alpha value is -0.810. The largest absolute Gasteiger partial charge is 0.468 e. The average molecular weight is 347 g/mol. The van der Waals surface area contributed by atoms with Gasteiger partial charge in [0.2, 0.25) is 0 Å². The van der Waals surface area contributed by atoms with E-state index in [2.05, 4.69) is 0 Å². The molecule has 6 atom stereocenters. The minimum atomic E-state index is -1.89. The number of fused-ring (bicyclic) bond motifs is 1. The molecule has 3 fully saturated rings. The van der Waals surface area contributed by atoms with E-state index in [-0.39, 0.29) is 6.61 Å². The lowest BCUT2D eigenvalue weighted by molar-refractivity contribution is -0.251. The van der Waals surface area contributed by atoms with Crippen LogP contribution in [0, 0.1) is 0 Å². The van der Waals surface area contributed by atoms with Crippen LogP contribution in [-0.2, 0) is 33.2 Å². The maximum absolute atomic E-state index is 12.0. The molecule has 138 valence electrons. The SMILES string of the molecule is COC(=O)[C@@H](N)[C@@]1(O)[C@@H]([C@H]2COC(C)(C)O2)O[C@@H]2OC(C)(C)O[C@@H]21. The summed E-state index contributed by atoms with van der Waals surface area (Å²) in [5.74, 6) is -2.59. The summed E-state index contributed by atoms with van der Waals surface area (Å²) in [5.41, 5.74) is 4.11. The number of ether oxygens (including phenoxy) is 6. The van der Waals surface area contributed by atoms with E-state index in [0.717, 1.165) is 0 Å². The van der Waals surface area contributed by atoms with E-state index in [0.29, 0.717) is 0 Å². The van der Waals surface area contributed by atoms with E-state index in [1.54, 1.807) is 27.7 Å². The molecule has 0 saturated carbocycles. The van der Waals surface area contributed by atoms with Crippen molar-refractivity contribution < 1.29 is 38.3 Å². The number of rotatable bonds is 3. The van der Waals surface area contributed by atoms with Crippen LogP contribution in [0.1, 0.15) is 27.7 Å². The first kappa shape index (κ1) is 18.0. The number of methoxy groups -OCH3 is 1. The summed E-state index contributed by atoms with van der Waals surface area (Å²) in [6.45, 7) is 7.05. The normalized spacial score (nSPS) is 44.3. The molecule has 3 N–H and O–H groups in total. The Morgan fingerprint density at radius 1 is 1.17 bits per heavy atom. The number of nitrogens with two attached hydrogens (primary N) is 1. The van der Waals surface area contributed by atoms with Crippen molar-refractivity contribution in [3.05, 3.63) is 0 Å². The Bertz CT molecular complexity index is 524. The second-order valence-electron chi connectivity index (χ2n) is 7.24. The lowest BCUT2D eigenvalue weighted by Gasteiger charge is -2.38. The molecule has 0 radical (unpaired) electrons. The van der Waals surface area contributed by atoms with Crippen molar-refractivity contribution in [1.29, 1.82) is 0 Å². The molecule has 0 unspecified atom stereocenters. The summed E-state index contributed by atoms with van der Waals surface area (Å²) in [4.78, 5) is 12.0. The zero-order valence-electron chi connectivity index (χ0n) is 14.5. The summed E-state index contributed by atoms with van der Waals surface area (Å²) in [5, 5.41) is 11.4. The predicted octanol–water partition coefficient (Wildman–Crippen LogP) is -0.754. The van der Waals surface area contributed by atoms with E-state index in [9.17, 15) is 9.90 Å². The molecule has 3 aliphatic rings. The summed E-state index contributed by atoms with van der Waals surface area (Å²) >= 11 is 0. The quantitative estimate of drug-likeness (QED) is 0.635. The molecular weight excluding hydrogens is 322 g/mol. The predicted molar refractivity (Wildman–Crippen MR) is 78.5 cm³/mol. The molecule has 0 aromatic heterocycles. The molecule has 3 aliphatic heterocycles. The van der Waals surface area contributed by atoms with Crippen molar-refractivity contribution in [2.24, 2.45) is 5.73 Å². The Kier molecular flexibility index (Phi) is 4.20. The molecule has 0 spiro atoms. The van der Waals surface area contributed by atoms with Gasteiger partial charge in [0.15, 0.2) is 23.5 Å². The highest BCUT2D eigenvalue weighted by atomic mass is 16.8. The summed E-state index contributed by atoms with van der Waals surface area (Å²) in [6.07, 6.45) is -3.45. The summed E-state index contributed by atoms with van der Waals surface area (Å²) < 4.78 is 33.3. The van der Waals surface area contributed by atoms with E-state index in [1.807, 2.05) is 0 Å². The van der Waals surface area contributed by atoms with Gasteiger partial charge < -0.3 is 39.3 Å². The third-order valence-corrected chi connectivity index (χ3v) is 4.57. The first-order valence-electron chi connectivity index (χ1n) is 7.89. The zero-order valence-corrected chi connectivity index (χ0v) is 14.5. The maximum atomic E-state index is 12.0. The summed E-state index contributed by atoms with van der Waals surface area (Å²) in [6, 6.07) is -1.40. The minimum absolute atomic E-state index is 0.177. The highest BCUT2D eigenvalue weighted by Crippen LogP contribution is 2.47. The van der Waals surface area contributed by atoms with Crippen molar-refractivity contribution in [3.63, 3.8) is 0 Å². The fraction of sp³-hybridized carbons (Fsp3) is 0.933. The third-order valence-electron chi connectivity index (χ3n) is 4.57. The molecule has 0 amide bonds. The second-order valence-corrected chi connectivity index (χ2v) is 7.24. The molecule has 3 rings (SSSR count). The molecule has 24 heavy (non-hydrogen) atoms. The maximum Gasteiger partial charge on any atom is 0.325 e. The first-order chi connectivity index (χ1) is 11.0. The number of carbonyl (C=O) groups excluding carboxylic acids is 1. The average Bonchev–Trinajstić information content (AvgIpc) is 3.08. The fourth-order valence-corrected chi connectivity index (χ4v) is 3.48. The first-order valence-corrected chi connectivity index (χ1v) is 7.89. The van der Waals surface area contributed by atoms with Crippen LogP contribution in [0.5, 0.6) is 0 Å². The topological polar surface area (TPSA) is 119 Å². The van der Waals surface area contributed by atoms with E-state index < -0.39 is 53.8 Å². The van der Waals surface area contributed by atoms with Crippen LogP contribution in [-0.4, -0.2) is 72.6 Å². The molecule has 0 bridgehead atoms. The standard InChI is InChI=1S/C15H25NO8/c1-13(2)20-6-7(22-13)9-15(18,8(16)11(17)19-5)10-12(21-9)24-14(3,4)23-10/h7-10,12,18H,6,16H2,1-5H3/t7-,8-,9-,10+,12-,15-/m1/s1. The van der Waals surface area contributed by atoms with Crippen LogP contribution < -0.4 is 5.73 Å².